The molecular weight excluding hydrogens is 458 g/mol. The first kappa shape index (κ1) is 21.5. The Hall–Kier alpha value is -2.23. The zero-order chi connectivity index (χ0) is 21.0. The molecule has 2 amide bonds. The zero-order valence-corrected chi connectivity index (χ0v) is 18.3. The quantitative estimate of drug-likeness (QED) is 0.658. The molecule has 0 aromatic heterocycles. The van der Waals surface area contributed by atoms with Crippen LogP contribution in [0.5, 0.6) is 0 Å². The van der Waals surface area contributed by atoms with Gasteiger partial charge in [-0.25, -0.2) is 8.42 Å². The first-order chi connectivity index (χ1) is 13.8. The number of nitrogens with zero attached hydrogens (tertiary/aromatic N) is 1. The van der Waals surface area contributed by atoms with Crippen LogP contribution in [-0.4, -0.2) is 37.6 Å². The van der Waals surface area contributed by atoms with Gasteiger partial charge in [0, 0.05) is 17.6 Å². The number of piperidine rings is 1. The van der Waals surface area contributed by atoms with Crippen LogP contribution < -0.4 is 10.9 Å². The van der Waals surface area contributed by atoms with Crippen molar-refractivity contribution >= 4 is 37.8 Å². The molecule has 1 aliphatic heterocycles. The van der Waals surface area contributed by atoms with Crippen molar-refractivity contribution in [2.45, 2.75) is 24.7 Å². The third-order valence-electron chi connectivity index (χ3n) is 4.83. The second-order valence-electron chi connectivity index (χ2n) is 6.94. The van der Waals surface area contributed by atoms with Crippen molar-refractivity contribution in [2.24, 2.45) is 5.92 Å². The van der Waals surface area contributed by atoms with Gasteiger partial charge in [-0.15, -0.1) is 0 Å². The number of carbonyl (C=O) groups is 2. The first-order valence-corrected chi connectivity index (χ1v) is 11.4. The fraction of sp³-hybridized carbons (Fsp3) is 0.300. The molecule has 1 heterocycles. The van der Waals surface area contributed by atoms with Crippen molar-refractivity contribution in [3.63, 3.8) is 0 Å². The van der Waals surface area contributed by atoms with Crippen molar-refractivity contribution in [3.05, 3.63) is 64.1 Å². The Morgan fingerprint density at radius 2 is 1.76 bits per heavy atom. The van der Waals surface area contributed by atoms with E-state index in [-0.39, 0.29) is 11.4 Å². The topological polar surface area (TPSA) is 95.6 Å². The van der Waals surface area contributed by atoms with E-state index in [9.17, 15) is 18.0 Å². The molecule has 1 saturated heterocycles. The molecule has 2 N–H and O–H groups in total. The summed E-state index contributed by atoms with van der Waals surface area (Å²) in [6.07, 6.45) is 1.12. The van der Waals surface area contributed by atoms with E-state index in [1.165, 1.54) is 4.31 Å². The number of aryl methyl sites for hydroxylation is 1. The monoisotopic (exact) mass is 479 g/mol. The van der Waals surface area contributed by atoms with E-state index < -0.39 is 27.8 Å². The normalized spacial score (nSPS) is 17.5. The molecule has 3 rings (SSSR count). The number of amides is 2. The lowest BCUT2D eigenvalue weighted by Gasteiger charge is -2.31. The molecule has 0 saturated carbocycles. The number of benzene rings is 2. The van der Waals surface area contributed by atoms with Gasteiger partial charge in [-0.2, -0.15) is 4.31 Å². The third-order valence-corrected chi connectivity index (χ3v) is 7.40. The van der Waals surface area contributed by atoms with Crippen LogP contribution in [0.15, 0.2) is 57.9 Å². The van der Waals surface area contributed by atoms with Gasteiger partial charge in [0.25, 0.3) is 5.91 Å². The van der Waals surface area contributed by atoms with E-state index in [4.69, 9.17) is 0 Å². The number of carbonyl (C=O) groups excluding carboxylic acids is 2. The largest absolute Gasteiger partial charge is 0.273 e. The zero-order valence-electron chi connectivity index (χ0n) is 15.9. The predicted octanol–water partition coefficient (Wildman–Crippen LogP) is 2.62. The van der Waals surface area contributed by atoms with Gasteiger partial charge < -0.3 is 0 Å². The fourth-order valence-corrected chi connectivity index (χ4v) is 5.16. The first-order valence-electron chi connectivity index (χ1n) is 9.20. The molecule has 9 heteroatoms. The highest BCUT2D eigenvalue weighted by Gasteiger charge is 2.33. The minimum absolute atomic E-state index is 0.0763. The van der Waals surface area contributed by atoms with Gasteiger partial charge >= 0.3 is 0 Å². The van der Waals surface area contributed by atoms with Gasteiger partial charge in [-0.3, -0.25) is 20.4 Å². The maximum Gasteiger partial charge on any atom is 0.270 e. The summed E-state index contributed by atoms with van der Waals surface area (Å²) in [6, 6.07) is 13.5. The Labute approximate surface area is 178 Å². The van der Waals surface area contributed by atoms with Crippen LogP contribution in [0.1, 0.15) is 28.8 Å². The summed E-state index contributed by atoms with van der Waals surface area (Å²) < 4.78 is 27.7. The Bertz CT molecular complexity index is 1010. The summed E-state index contributed by atoms with van der Waals surface area (Å²) in [4.78, 5) is 25.0. The van der Waals surface area contributed by atoms with Crippen molar-refractivity contribution in [2.75, 3.05) is 13.1 Å². The average Bonchev–Trinajstić information content (AvgIpc) is 2.72. The van der Waals surface area contributed by atoms with Crippen LogP contribution in [-0.2, 0) is 14.8 Å². The molecule has 1 fully saturated rings. The minimum atomic E-state index is -3.67. The van der Waals surface area contributed by atoms with E-state index in [2.05, 4.69) is 26.8 Å². The Balaban J connectivity index is 1.63. The standard InChI is InChI=1S/C20H22BrN3O4S/c1-14-8-10-16(11-9-14)29(27,28)24-12-4-5-15(13-24)19(25)22-23-20(26)17-6-2-3-7-18(17)21/h2-3,6-11,15H,4-5,12-13H2,1H3,(H,22,25)(H,23,26)/t15-/m1/s1. The predicted molar refractivity (Wildman–Crippen MR) is 112 cm³/mol. The van der Waals surface area contributed by atoms with Crippen molar-refractivity contribution in [1.29, 1.82) is 0 Å². The number of sulfonamides is 1. The molecular formula is C20H22BrN3O4S. The highest BCUT2D eigenvalue weighted by Crippen LogP contribution is 2.24. The maximum absolute atomic E-state index is 12.9. The third kappa shape index (κ3) is 5.04. The molecule has 7 nitrogen and oxygen atoms in total. The lowest BCUT2D eigenvalue weighted by Crippen LogP contribution is -2.50. The number of hydrogen-bond acceptors (Lipinski definition) is 4. The molecule has 0 unspecified atom stereocenters. The van der Waals surface area contributed by atoms with Crippen LogP contribution in [0.4, 0.5) is 0 Å². The van der Waals surface area contributed by atoms with Crippen LogP contribution in [0.2, 0.25) is 0 Å². The number of rotatable bonds is 4. The van der Waals surface area contributed by atoms with E-state index in [0.717, 1.165) is 5.56 Å². The lowest BCUT2D eigenvalue weighted by molar-refractivity contribution is -0.126. The molecule has 0 bridgehead atoms. The summed E-state index contributed by atoms with van der Waals surface area (Å²) in [5.41, 5.74) is 6.17. The van der Waals surface area contributed by atoms with Gasteiger partial charge in [-0.05, 0) is 60.0 Å². The van der Waals surface area contributed by atoms with Crippen LogP contribution >= 0.6 is 15.9 Å². The molecule has 1 atom stereocenters. The maximum atomic E-state index is 12.9. The molecule has 0 radical (unpaired) electrons. The number of hydrazine groups is 1. The fourth-order valence-electron chi connectivity index (χ4n) is 3.17. The summed E-state index contributed by atoms with van der Waals surface area (Å²) >= 11 is 3.29. The molecule has 29 heavy (non-hydrogen) atoms. The van der Waals surface area contributed by atoms with Gasteiger partial charge in [0.15, 0.2) is 0 Å². The number of halogens is 1. The SMILES string of the molecule is Cc1ccc(S(=O)(=O)N2CCC[C@@H](C(=O)NNC(=O)c3ccccc3Br)C2)cc1. The van der Waals surface area contributed by atoms with Gasteiger partial charge in [0.1, 0.15) is 0 Å². The average molecular weight is 480 g/mol. The lowest BCUT2D eigenvalue weighted by atomic mass is 9.99. The molecule has 0 aliphatic carbocycles. The van der Waals surface area contributed by atoms with Gasteiger partial charge in [-0.1, -0.05) is 29.8 Å². The summed E-state index contributed by atoms with van der Waals surface area (Å²) in [5.74, 6) is -1.40. The molecule has 2 aromatic rings. The molecule has 2 aromatic carbocycles. The number of nitrogens with one attached hydrogen (secondary N) is 2. The second kappa shape index (κ2) is 9.06. The minimum Gasteiger partial charge on any atom is -0.273 e. The Morgan fingerprint density at radius 1 is 1.07 bits per heavy atom. The van der Waals surface area contributed by atoms with E-state index in [0.29, 0.717) is 29.4 Å². The summed E-state index contributed by atoms with van der Waals surface area (Å²) in [7, 11) is -3.67. The van der Waals surface area contributed by atoms with Crippen molar-refractivity contribution in [3.8, 4) is 0 Å². The van der Waals surface area contributed by atoms with E-state index in [1.54, 1.807) is 48.5 Å². The Morgan fingerprint density at radius 3 is 2.45 bits per heavy atom. The van der Waals surface area contributed by atoms with Gasteiger partial charge in [0.05, 0.1) is 16.4 Å². The van der Waals surface area contributed by atoms with Gasteiger partial charge in [0.2, 0.25) is 15.9 Å². The summed E-state index contributed by atoms with van der Waals surface area (Å²) in [5, 5.41) is 0. The van der Waals surface area contributed by atoms with Crippen LogP contribution in [0, 0.1) is 12.8 Å². The van der Waals surface area contributed by atoms with Crippen molar-refractivity contribution < 1.29 is 18.0 Å². The highest BCUT2D eigenvalue weighted by molar-refractivity contribution is 9.10. The summed E-state index contributed by atoms with van der Waals surface area (Å²) in [6.45, 7) is 2.33. The smallest absolute Gasteiger partial charge is 0.270 e. The van der Waals surface area contributed by atoms with E-state index in [1.807, 2.05) is 6.92 Å². The Kier molecular flexibility index (Phi) is 6.71. The van der Waals surface area contributed by atoms with Crippen LogP contribution in [0.25, 0.3) is 0 Å². The molecule has 1 aliphatic rings. The van der Waals surface area contributed by atoms with Crippen molar-refractivity contribution in [1.82, 2.24) is 15.2 Å². The molecule has 154 valence electrons. The van der Waals surface area contributed by atoms with E-state index >= 15 is 0 Å². The number of hydrogen-bond donors (Lipinski definition) is 2. The molecule has 0 spiro atoms. The van der Waals surface area contributed by atoms with Crippen LogP contribution in [0.3, 0.4) is 0 Å². The highest BCUT2D eigenvalue weighted by atomic mass is 79.9. The second-order valence-corrected chi connectivity index (χ2v) is 9.73.